The van der Waals surface area contributed by atoms with Crippen molar-refractivity contribution in [2.75, 3.05) is 19.6 Å². The Balaban J connectivity index is 2.04. The molecule has 1 aromatic rings. The molecule has 0 spiro atoms. The molecular weight excluding hydrogens is 303 g/mol. The molecule has 0 amide bonds. The Morgan fingerprint density at radius 3 is 2.90 bits per heavy atom. The Labute approximate surface area is 123 Å². The van der Waals surface area contributed by atoms with Crippen LogP contribution in [0.5, 0.6) is 0 Å². The van der Waals surface area contributed by atoms with Crippen molar-refractivity contribution in [3.63, 3.8) is 0 Å². The molecule has 0 aromatic heterocycles. The van der Waals surface area contributed by atoms with Gasteiger partial charge >= 0.3 is 0 Å². The summed E-state index contributed by atoms with van der Waals surface area (Å²) in [6.07, 6.45) is 1.85. The zero-order valence-corrected chi connectivity index (χ0v) is 12.8. The van der Waals surface area contributed by atoms with Gasteiger partial charge in [0.15, 0.2) is 0 Å². The molecule has 0 bridgehead atoms. The SMILES string of the molecule is Cc1cc(S(=O)(=O)NCCC2CCNC2)c(Cl)cc1F. The second-order valence-corrected chi connectivity index (χ2v) is 7.22. The molecule has 2 N–H and O–H groups in total. The van der Waals surface area contributed by atoms with E-state index in [1.165, 1.54) is 13.0 Å². The fourth-order valence-electron chi connectivity index (χ4n) is 2.27. The number of hydrogen-bond donors (Lipinski definition) is 2. The van der Waals surface area contributed by atoms with E-state index in [4.69, 9.17) is 11.6 Å². The summed E-state index contributed by atoms with van der Waals surface area (Å²) in [6, 6.07) is 2.30. The highest BCUT2D eigenvalue weighted by atomic mass is 35.5. The van der Waals surface area contributed by atoms with Crippen LogP contribution < -0.4 is 10.0 Å². The normalized spacial score (nSPS) is 19.4. The smallest absolute Gasteiger partial charge is 0.242 e. The number of benzene rings is 1. The van der Waals surface area contributed by atoms with Crippen LogP contribution >= 0.6 is 11.6 Å². The second-order valence-electron chi connectivity index (χ2n) is 5.08. The first-order valence-corrected chi connectivity index (χ1v) is 8.42. The molecule has 1 unspecified atom stereocenters. The van der Waals surface area contributed by atoms with E-state index >= 15 is 0 Å². The number of nitrogens with one attached hydrogen (secondary N) is 2. The molecule has 1 saturated heterocycles. The van der Waals surface area contributed by atoms with Gasteiger partial charge in [-0.2, -0.15) is 0 Å². The van der Waals surface area contributed by atoms with Crippen LogP contribution in [0.2, 0.25) is 5.02 Å². The van der Waals surface area contributed by atoms with Gasteiger partial charge in [-0.3, -0.25) is 0 Å². The summed E-state index contributed by atoms with van der Waals surface area (Å²) >= 11 is 5.82. The summed E-state index contributed by atoms with van der Waals surface area (Å²) in [5.41, 5.74) is 0.259. The molecule has 1 aliphatic rings. The van der Waals surface area contributed by atoms with Crippen molar-refractivity contribution in [2.24, 2.45) is 5.92 Å². The topological polar surface area (TPSA) is 58.2 Å². The molecule has 1 aliphatic heterocycles. The highest BCUT2D eigenvalue weighted by molar-refractivity contribution is 7.89. The lowest BCUT2D eigenvalue weighted by atomic mass is 10.1. The highest BCUT2D eigenvalue weighted by Crippen LogP contribution is 2.24. The Bertz CT molecular complexity index is 586. The maximum absolute atomic E-state index is 13.3. The van der Waals surface area contributed by atoms with Gasteiger partial charge in [0.05, 0.1) is 5.02 Å². The maximum Gasteiger partial charge on any atom is 0.242 e. The summed E-state index contributed by atoms with van der Waals surface area (Å²) in [6.45, 7) is 3.79. The van der Waals surface area contributed by atoms with Crippen molar-refractivity contribution in [1.29, 1.82) is 0 Å². The summed E-state index contributed by atoms with van der Waals surface area (Å²) < 4.78 is 40.1. The molecule has 20 heavy (non-hydrogen) atoms. The Kier molecular flexibility index (Phi) is 5.01. The molecule has 2 rings (SSSR count). The van der Waals surface area contributed by atoms with Gasteiger partial charge in [-0.25, -0.2) is 17.5 Å². The van der Waals surface area contributed by atoms with E-state index in [-0.39, 0.29) is 15.5 Å². The van der Waals surface area contributed by atoms with Crippen molar-refractivity contribution >= 4 is 21.6 Å². The minimum atomic E-state index is -3.69. The monoisotopic (exact) mass is 320 g/mol. The molecule has 7 heteroatoms. The molecular formula is C13H18ClFN2O2S. The number of rotatable bonds is 5. The van der Waals surface area contributed by atoms with Crippen LogP contribution in [-0.2, 0) is 10.0 Å². The Morgan fingerprint density at radius 2 is 2.25 bits per heavy atom. The summed E-state index contributed by atoms with van der Waals surface area (Å²) in [7, 11) is -3.69. The zero-order valence-electron chi connectivity index (χ0n) is 11.2. The second kappa shape index (κ2) is 6.39. The van der Waals surface area contributed by atoms with Gasteiger partial charge in [0.2, 0.25) is 10.0 Å². The first-order chi connectivity index (χ1) is 9.40. The maximum atomic E-state index is 13.3. The van der Waals surface area contributed by atoms with Crippen molar-refractivity contribution in [3.8, 4) is 0 Å². The first-order valence-electron chi connectivity index (χ1n) is 6.56. The van der Waals surface area contributed by atoms with Gasteiger partial charge in [0.1, 0.15) is 10.7 Å². The molecule has 1 fully saturated rings. The Morgan fingerprint density at radius 1 is 1.50 bits per heavy atom. The highest BCUT2D eigenvalue weighted by Gasteiger charge is 2.21. The van der Waals surface area contributed by atoms with Crippen molar-refractivity contribution < 1.29 is 12.8 Å². The third-order valence-electron chi connectivity index (χ3n) is 3.51. The van der Waals surface area contributed by atoms with Gasteiger partial charge in [-0.1, -0.05) is 11.6 Å². The van der Waals surface area contributed by atoms with Gasteiger partial charge in [-0.05, 0) is 56.5 Å². The lowest BCUT2D eigenvalue weighted by Crippen LogP contribution is -2.27. The third-order valence-corrected chi connectivity index (χ3v) is 5.44. The van der Waals surface area contributed by atoms with E-state index in [9.17, 15) is 12.8 Å². The minimum absolute atomic E-state index is 0.0670. The van der Waals surface area contributed by atoms with Crippen molar-refractivity contribution in [2.45, 2.75) is 24.7 Å². The fourth-order valence-corrected chi connectivity index (χ4v) is 3.92. The van der Waals surface area contributed by atoms with E-state index < -0.39 is 15.8 Å². The van der Waals surface area contributed by atoms with Crippen LogP contribution in [0, 0.1) is 18.7 Å². The van der Waals surface area contributed by atoms with Gasteiger partial charge in [-0.15, -0.1) is 0 Å². The van der Waals surface area contributed by atoms with E-state index in [0.29, 0.717) is 12.5 Å². The van der Waals surface area contributed by atoms with Crippen LogP contribution in [0.15, 0.2) is 17.0 Å². The molecule has 1 aromatic carbocycles. The zero-order chi connectivity index (χ0) is 14.8. The number of aryl methyl sites for hydroxylation is 1. The lowest BCUT2D eigenvalue weighted by Gasteiger charge is -2.11. The molecule has 0 radical (unpaired) electrons. The van der Waals surface area contributed by atoms with Gasteiger partial charge in [0.25, 0.3) is 0 Å². The standard InChI is InChI=1S/C13H18ClFN2O2S/c1-9-6-13(11(14)7-12(9)15)20(18,19)17-5-3-10-2-4-16-8-10/h6-7,10,16-17H,2-5,8H2,1H3. The minimum Gasteiger partial charge on any atom is -0.316 e. The first kappa shape index (κ1) is 15.7. The number of halogens is 2. The van der Waals surface area contributed by atoms with Gasteiger partial charge in [0, 0.05) is 6.54 Å². The average Bonchev–Trinajstić information content (AvgIpc) is 2.86. The quantitative estimate of drug-likeness (QED) is 0.873. The summed E-state index contributed by atoms with van der Waals surface area (Å²) in [5, 5.41) is 3.14. The van der Waals surface area contributed by atoms with Crippen LogP contribution in [0.3, 0.4) is 0 Å². The largest absolute Gasteiger partial charge is 0.316 e. The average molecular weight is 321 g/mol. The summed E-state index contributed by atoms with van der Waals surface area (Å²) in [4.78, 5) is -0.0670. The van der Waals surface area contributed by atoms with Crippen LogP contribution in [0.4, 0.5) is 4.39 Å². The van der Waals surface area contributed by atoms with E-state index in [1.807, 2.05) is 0 Å². The molecule has 4 nitrogen and oxygen atoms in total. The molecule has 1 heterocycles. The van der Waals surface area contributed by atoms with E-state index in [0.717, 1.165) is 32.0 Å². The number of sulfonamides is 1. The van der Waals surface area contributed by atoms with Gasteiger partial charge < -0.3 is 5.32 Å². The summed E-state index contributed by atoms with van der Waals surface area (Å²) in [5.74, 6) is -0.00546. The predicted molar refractivity (Wildman–Crippen MR) is 76.9 cm³/mol. The van der Waals surface area contributed by atoms with Crippen LogP contribution in [0.1, 0.15) is 18.4 Å². The molecule has 0 saturated carbocycles. The fraction of sp³-hybridized carbons (Fsp3) is 0.538. The molecule has 1 atom stereocenters. The lowest BCUT2D eigenvalue weighted by molar-refractivity contribution is 0.519. The molecule has 112 valence electrons. The Hall–Kier alpha value is -0.690. The van der Waals surface area contributed by atoms with Crippen LogP contribution in [-0.4, -0.2) is 28.1 Å². The van der Waals surface area contributed by atoms with Crippen molar-refractivity contribution in [3.05, 3.63) is 28.5 Å². The van der Waals surface area contributed by atoms with Crippen molar-refractivity contribution in [1.82, 2.24) is 10.0 Å². The van der Waals surface area contributed by atoms with E-state index in [2.05, 4.69) is 10.0 Å². The van der Waals surface area contributed by atoms with Crippen LogP contribution in [0.25, 0.3) is 0 Å². The third kappa shape index (κ3) is 3.69. The van der Waals surface area contributed by atoms with E-state index in [1.54, 1.807) is 0 Å². The predicted octanol–water partition coefficient (Wildman–Crippen LogP) is 2.07. The molecule has 0 aliphatic carbocycles. The number of hydrogen-bond acceptors (Lipinski definition) is 3.